The topological polar surface area (TPSA) is 92.1 Å². The SMILES string of the molecule is O=C(NCc1ccco1)[C@H]1CC(=O)N(c2ccc(OCC(=O)N3CCCC3)cc2)C1. The maximum Gasteiger partial charge on any atom is 0.260 e. The number of amides is 3. The molecule has 2 aliphatic rings. The second-order valence-corrected chi connectivity index (χ2v) is 7.57. The van der Waals surface area contributed by atoms with Crippen molar-refractivity contribution in [1.29, 1.82) is 0 Å². The van der Waals surface area contributed by atoms with Crippen molar-refractivity contribution < 1.29 is 23.5 Å². The molecule has 3 heterocycles. The highest BCUT2D eigenvalue weighted by Gasteiger charge is 2.35. The molecule has 0 bridgehead atoms. The number of furan rings is 1. The molecule has 8 nitrogen and oxygen atoms in total. The summed E-state index contributed by atoms with van der Waals surface area (Å²) >= 11 is 0. The largest absolute Gasteiger partial charge is 0.484 e. The molecule has 2 fully saturated rings. The zero-order chi connectivity index (χ0) is 20.9. The van der Waals surface area contributed by atoms with Gasteiger partial charge in [-0.1, -0.05) is 0 Å². The predicted octanol–water partition coefficient (Wildman–Crippen LogP) is 1.95. The minimum atomic E-state index is -0.401. The molecule has 0 unspecified atom stereocenters. The summed E-state index contributed by atoms with van der Waals surface area (Å²) in [5.41, 5.74) is 0.708. The fourth-order valence-corrected chi connectivity index (χ4v) is 3.79. The van der Waals surface area contributed by atoms with Crippen molar-refractivity contribution in [2.45, 2.75) is 25.8 Å². The highest BCUT2D eigenvalue weighted by molar-refractivity contribution is 6.00. The fraction of sp³-hybridized carbons (Fsp3) is 0.409. The Hall–Kier alpha value is -3.29. The smallest absolute Gasteiger partial charge is 0.260 e. The van der Waals surface area contributed by atoms with Crippen LogP contribution in [0.4, 0.5) is 5.69 Å². The average molecular weight is 411 g/mol. The van der Waals surface area contributed by atoms with Gasteiger partial charge < -0.3 is 24.3 Å². The Morgan fingerprint density at radius 3 is 2.60 bits per heavy atom. The van der Waals surface area contributed by atoms with Gasteiger partial charge in [-0.15, -0.1) is 0 Å². The second-order valence-electron chi connectivity index (χ2n) is 7.57. The van der Waals surface area contributed by atoms with Crippen LogP contribution in [0.15, 0.2) is 47.1 Å². The van der Waals surface area contributed by atoms with E-state index in [4.69, 9.17) is 9.15 Å². The minimum absolute atomic E-state index is 0.00491. The van der Waals surface area contributed by atoms with Crippen molar-refractivity contribution in [3.63, 3.8) is 0 Å². The summed E-state index contributed by atoms with van der Waals surface area (Å²) in [6.07, 6.45) is 3.82. The van der Waals surface area contributed by atoms with Crippen molar-refractivity contribution in [3.8, 4) is 5.75 Å². The Balaban J connectivity index is 1.28. The molecule has 2 aromatic rings. The number of carbonyl (C=O) groups is 3. The van der Waals surface area contributed by atoms with Crippen molar-refractivity contribution >= 4 is 23.4 Å². The highest BCUT2D eigenvalue weighted by Crippen LogP contribution is 2.27. The van der Waals surface area contributed by atoms with E-state index < -0.39 is 5.92 Å². The highest BCUT2D eigenvalue weighted by atomic mass is 16.5. The third-order valence-corrected chi connectivity index (χ3v) is 5.48. The van der Waals surface area contributed by atoms with E-state index in [-0.39, 0.29) is 30.7 Å². The van der Waals surface area contributed by atoms with Crippen LogP contribution in [-0.4, -0.2) is 48.9 Å². The molecule has 2 saturated heterocycles. The van der Waals surface area contributed by atoms with Crippen molar-refractivity contribution in [2.75, 3.05) is 31.1 Å². The van der Waals surface area contributed by atoms with Gasteiger partial charge in [0, 0.05) is 31.7 Å². The van der Waals surface area contributed by atoms with Crippen LogP contribution in [0.5, 0.6) is 5.75 Å². The standard InChI is InChI=1S/C22H25N3O5/c26-20-12-16(22(28)23-13-19-4-3-11-29-19)14-25(20)17-5-7-18(8-6-17)30-15-21(27)24-9-1-2-10-24/h3-8,11,16H,1-2,9-10,12-15H2,(H,23,28)/t16-/m0/s1. The second kappa shape index (κ2) is 9.02. The summed E-state index contributed by atoms with van der Waals surface area (Å²) in [6.45, 7) is 2.25. The maximum absolute atomic E-state index is 12.4. The van der Waals surface area contributed by atoms with Gasteiger partial charge in [0.1, 0.15) is 11.5 Å². The summed E-state index contributed by atoms with van der Waals surface area (Å²) in [6, 6.07) is 10.6. The van der Waals surface area contributed by atoms with Gasteiger partial charge in [0.05, 0.1) is 18.7 Å². The summed E-state index contributed by atoms with van der Waals surface area (Å²) < 4.78 is 10.8. The molecule has 0 spiro atoms. The summed E-state index contributed by atoms with van der Waals surface area (Å²) in [7, 11) is 0. The normalized spacial score (nSPS) is 18.7. The van der Waals surface area contributed by atoms with Gasteiger partial charge in [0.25, 0.3) is 5.91 Å². The lowest BCUT2D eigenvalue weighted by molar-refractivity contribution is -0.132. The Labute approximate surface area is 174 Å². The van der Waals surface area contributed by atoms with Crippen molar-refractivity contribution in [1.82, 2.24) is 10.2 Å². The molecule has 2 aliphatic heterocycles. The van der Waals surface area contributed by atoms with Crippen LogP contribution in [0.2, 0.25) is 0 Å². The Morgan fingerprint density at radius 1 is 1.13 bits per heavy atom. The first kappa shape index (κ1) is 20.0. The number of ether oxygens (including phenoxy) is 1. The third-order valence-electron chi connectivity index (χ3n) is 5.48. The van der Waals surface area contributed by atoms with E-state index in [1.54, 1.807) is 47.6 Å². The van der Waals surface area contributed by atoms with Crippen LogP contribution in [0.1, 0.15) is 25.0 Å². The van der Waals surface area contributed by atoms with Gasteiger partial charge in [-0.05, 0) is 49.2 Å². The number of anilines is 1. The van der Waals surface area contributed by atoms with E-state index in [0.717, 1.165) is 25.9 Å². The molecular weight excluding hydrogens is 386 g/mol. The molecule has 0 aliphatic carbocycles. The number of likely N-dealkylation sites (tertiary alicyclic amines) is 1. The van der Waals surface area contributed by atoms with Gasteiger partial charge in [-0.3, -0.25) is 14.4 Å². The molecule has 3 amide bonds. The Kier molecular flexibility index (Phi) is 6.02. The van der Waals surface area contributed by atoms with Gasteiger partial charge >= 0.3 is 0 Å². The van der Waals surface area contributed by atoms with Crippen LogP contribution >= 0.6 is 0 Å². The van der Waals surface area contributed by atoms with Gasteiger partial charge in [0.15, 0.2) is 6.61 Å². The molecular formula is C22H25N3O5. The number of hydrogen-bond acceptors (Lipinski definition) is 5. The Morgan fingerprint density at radius 2 is 1.90 bits per heavy atom. The molecule has 1 N–H and O–H groups in total. The number of rotatable bonds is 7. The maximum atomic E-state index is 12.4. The van der Waals surface area contributed by atoms with E-state index >= 15 is 0 Å². The van der Waals surface area contributed by atoms with Gasteiger partial charge in [0.2, 0.25) is 11.8 Å². The number of hydrogen-bond donors (Lipinski definition) is 1. The molecule has 0 saturated carbocycles. The number of carbonyl (C=O) groups excluding carboxylic acids is 3. The van der Waals surface area contributed by atoms with E-state index in [1.807, 2.05) is 4.90 Å². The first-order chi connectivity index (χ1) is 14.6. The van der Waals surface area contributed by atoms with Crippen LogP contribution in [0.3, 0.4) is 0 Å². The molecule has 30 heavy (non-hydrogen) atoms. The van der Waals surface area contributed by atoms with E-state index in [0.29, 0.717) is 30.3 Å². The fourth-order valence-electron chi connectivity index (χ4n) is 3.79. The first-order valence-electron chi connectivity index (χ1n) is 10.2. The predicted molar refractivity (Wildman–Crippen MR) is 109 cm³/mol. The van der Waals surface area contributed by atoms with Crippen LogP contribution in [0.25, 0.3) is 0 Å². The monoisotopic (exact) mass is 411 g/mol. The van der Waals surface area contributed by atoms with Crippen LogP contribution in [-0.2, 0) is 20.9 Å². The quantitative estimate of drug-likeness (QED) is 0.752. The Bertz CT molecular complexity index is 888. The lowest BCUT2D eigenvalue weighted by Crippen LogP contribution is -2.32. The van der Waals surface area contributed by atoms with E-state index in [1.165, 1.54) is 0 Å². The zero-order valence-electron chi connectivity index (χ0n) is 16.7. The molecule has 1 aromatic heterocycles. The van der Waals surface area contributed by atoms with Crippen molar-refractivity contribution in [3.05, 3.63) is 48.4 Å². The van der Waals surface area contributed by atoms with Gasteiger partial charge in [-0.2, -0.15) is 0 Å². The lowest BCUT2D eigenvalue weighted by Gasteiger charge is -2.18. The van der Waals surface area contributed by atoms with E-state index in [9.17, 15) is 14.4 Å². The van der Waals surface area contributed by atoms with Crippen LogP contribution < -0.4 is 15.0 Å². The number of nitrogens with one attached hydrogen (secondary N) is 1. The average Bonchev–Trinajstić information content (AvgIpc) is 3.52. The number of nitrogens with zero attached hydrogens (tertiary/aromatic N) is 2. The first-order valence-corrected chi connectivity index (χ1v) is 10.2. The summed E-state index contributed by atoms with van der Waals surface area (Å²) in [5.74, 6) is 0.582. The van der Waals surface area contributed by atoms with Crippen molar-refractivity contribution in [2.24, 2.45) is 5.92 Å². The summed E-state index contributed by atoms with van der Waals surface area (Å²) in [5, 5.41) is 2.81. The minimum Gasteiger partial charge on any atom is -0.484 e. The van der Waals surface area contributed by atoms with Crippen LogP contribution in [0, 0.1) is 5.92 Å². The van der Waals surface area contributed by atoms with E-state index in [2.05, 4.69) is 5.32 Å². The molecule has 1 aromatic carbocycles. The third kappa shape index (κ3) is 4.64. The molecule has 4 rings (SSSR count). The molecule has 158 valence electrons. The molecule has 8 heteroatoms. The lowest BCUT2D eigenvalue weighted by atomic mass is 10.1. The number of benzene rings is 1. The molecule has 0 radical (unpaired) electrons. The molecule has 1 atom stereocenters. The summed E-state index contributed by atoms with van der Waals surface area (Å²) in [4.78, 5) is 40.3. The van der Waals surface area contributed by atoms with Gasteiger partial charge in [-0.25, -0.2) is 0 Å². The zero-order valence-corrected chi connectivity index (χ0v) is 16.7.